The number of benzene rings is 2. The lowest BCUT2D eigenvalue weighted by atomic mass is 10.1. The summed E-state index contributed by atoms with van der Waals surface area (Å²) in [7, 11) is 3.11. The van der Waals surface area contributed by atoms with Gasteiger partial charge in [-0.05, 0) is 42.3 Å². The molecule has 0 radical (unpaired) electrons. The molecular weight excluding hydrogens is 322 g/mol. The van der Waals surface area contributed by atoms with Crippen LogP contribution in [0.15, 0.2) is 42.5 Å². The van der Waals surface area contributed by atoms with Crippen LogP contribution >= 0.6 is 0 Å². The molecule has 0 saturated heterocycles. The van der Waals surface area contributed by atoms with E-state index in [9.17, 15) is 9.59 Å². The summed E-state index contributed by atoms with van der Waals surface area (Å²) in [5.74, 6) is 0.355. The minimum absolute atomic E-state index is 0.325. The number of rotatable bonds is 7. The quantitative estimate of drug-likeness (QED) is 0.782. The summed E-state index contributed by atoms with van der Waals surface area (Å²) in [5, 5.41) is 2.69. The Bertz CT molecular complexity index is 757. The zero-order valence-electron chi connectivity index (χ0n) is 14.5. The molecule has 0 spiro atoms. The zero-order valence-corrected chi connectivity index (χ0v) is 14.5. The van der Waals surface area contributed by atoms with Crippen LogP contribution in [0.5, 0.6) is 11.5 Å². The molecule has 0 aliphatic heterocycles. The molecule has 0 saturated carbocycles. The van der Waals surface area contributed by atoms with Crippen molar-refractivity contribution >= 4 is 11.9 Å². The van der Waals surface area contributed by atoms with Gasteiger partial charge >= 0.3 is 5.97 Å². The van der Waals surface area contributed by atoms with E-state index in [1.54, 1.807) is 25.3 Å². The smallest absolute Gasteiger partial charge is 0.338 e. The molecule has 0 aliphatic carbocycles. The van der Waals surface area contributed by atoms with Gasteiger partial charge in [-0.3, -0.25) is 4.79 Å². The summed E-state index contributed by atoms with van der Waals surface area (Å²) < 4.78 is 15.3. The minimum atomic E-state index is -0.574. The van der Waals surface area contributed by atoms with Gasteiger partial charge in [-0.25, -0.2) is 4.79 Å². The third-order valence-electron chi connectivity index (χ3n) is 3.60. The zero-order chi connectivity index (χ0) is 18.2. The average molecular weight is 343 g/mol. The van der Waals surface area contributed by atoms with Crippen molar-refractivity contribution in [1.82, 2.24) is 5.32 Å². The highest BCUT2D eigenvalue weighted by atomic mass is 16.5. The highest BCUT2D eigenvalue weighted by Gasteiger charge is 2.12. The average Bonchev–Trinajstić information content (AvgIpc) is 2.64. The lowest BCUT2D eigenvalue weighted by Gasteiger charge is -2.09. The molecule has 132 valence electrons. The Labute approximate surface area is 146 Å². The highest BCUT2D eigenvalue weighted by molar-refractivity contribution is 5.91. The summed E-state index contributed by atoms with van der Waals surface area (Å²) >= 11 is 0. The number of ether oxygens (including phenoxy) is 3. The number of aryl methyl sites for hydroxylation is 1. The molecule has 1 N–H and O–H groups in total. The van der Waals surface area contributed by atoms with E-state index in [-0.39, 0.29) is 12.5 Å². The largest absolute Gasteiger partial charge is 0.497 e. The Hall–Kier alpha value is -3.02. The van der Waals surface area contributed by atoms with E-state index in [0.29, 0.717) is 23.6 Å². The predicted molar refractivity (Wildman–Crippen MR) is 92.9 cm³/mol. The van der Waals surface area contributed by atoms with E-state index in [1.165, 1.54) is 7.11 Å². The normalized spacial score (nSPS) is 10.0. The number of carbonyl (C=O) groups excluding carboxylic acids is 2. The van der Waals surface area contributed by atoms with Gasteiger partial charge < -0.3 is 19.5 Å². The number of amides is 1. The maximum Gasteiger partial charge on any atom is 0.338 e. The van der Waals surface area contributed by atoms with Gasteiger partial charge in [0.05, 0.1) is 19.8 Å². The standard InChI is InChI=1S/C19H21NO5/c1-13-7-8-15(10-17(13)24-3)19(22)25-12-18(21)20-11-14-5-4-6-16(9-14)23-2/h4-10H,11-12H2,1-3H3,(H,20,21). The molecule has 0 aliphatic rings. The first kappa shape index (κ1) is 18.3. The first-order valence-electron chi connectivity index (χ1n) is 7.75. The molecule has 2 aromatic rings. The van der Waals surface area contributed by atoms with Gasteiger partial charge in [0.1, 0.15) is 11.5 Å². The molecule has 6 nitrogen and oxygen atoms in total. The van der Waals surface area contributed by atoms with Crippen molar-refractivity contribution in [2.45, 2.75) is 13.5 Å². The lowest BCUT2D eigenvalue weighted by Crippen LogP contribution is -2.28. The minimum Gasteiger partial charge on any atom is -0.497 e. The summed E-state index contributed by atoms with van der Waals surface area (Å²) in [6.07, 6.45) is 0. The molecule has 0 heterocycles. The van der Waals surface area contributed by atoms with Crippen LogP contribution in [-0.2, 0) is 16.1 Å². The molecule has 0 fully saturated rings. The number of hydrogen-bond acceptors (Lipinski definition) is 5. The molecule has 2 aromatic carbocycles. The lowest BCUT2D eigenvalue weighted by molar-refractivity contribution is -0.124. The maximum absolute atomic E-state index is 12.0. The van der Waals surface area contributed by atoms with Crippen LogP contribution in [0.1, 0.15) is 21.5 Å². The van der Waals surface area contributed by atoms with Gasteiger partial charge in [0.15, 0.2) is 6.61 Å². The summed E-state index contributed by atoms with van der Waals surface area (Å²) in [5.41, 5.74) is 2.14. The molecule has 0 unspecified atom stereocenters. The number of carbonyl (C=O) groups is 2. The van der Waals surface area contributed by atoms with Crippen molar-refractivity contribution in [3.05, 3.63) is 59.2 Å². The van der Waals surface area contributed by atoms with E-state index in [4.69, 9.17) is 14.2 Å². The Balaban J connectivity index is 1.84. The van der Waals surface area contributed by atoms with E-state index in [2.05, 4.69) is 5.32 Å². The fourth-order valence-electron chi connectivity index (χ4n) is 2.20. The van der Waals surface area contributed by atoms with Crippen molar-refractivity contribution < 1.29 is 23.8 Å². The first-order valence-corrected chi connectivity index (χ1v) is 7.75. The van der Waals surface area contributed by atoms with Crippen molar-refractivity contribution in [2.75, 3.05) is 20.8 Å². The summed E-state index contributed by atoms with van der Waals surface area (Å²) in [4.78, 5) is 23.9. The second kappa shape index (κ2) is 8.73. The van der Waals surface area contributed by atoms with Crippen molar-refractivity contribution in [3.8, 4) is 11.5 Å². The van der Waals surface area contributed by atoms with Crippen LogP contribution in [0.25, 0.3) is 0 Å². The number of nitrogens with one attached hydrogen (secondary N) is 1. The second-order valence-corrected chi connectivity index (χ2v) is 5.39. The SMILES string of the molecule is COc1cccc(CNC(=O)COC(=O)c2ccc(C)c(OC)c2)c1. The molecule has 25 heavy (non-hydrogen) atoms. The van der Waals surface area contributed by atoms with Gasteiger partial charge in [0.2, 0.25) is 0 Å². The first-order chi connectivity index (χ1) is 12.0. The topological polar surface area (TPSA) is 73.9 Å². The van der Waals surface area contributed by atoms with Crippen molar-refractivity contribution in [1.29, 1.82) is 0 Å². The second-order valence-electron chi connectivity index (χ2n) is 5.39. The van der Waals surface area contributed by atoms with E-state index < -0.39 is 5.97 Å². The Morgan fingerprint density at radius 2 is 1.84 bits per heavy atom. The molecule has 6 heteroatoms. The van der Waals surface area contributed by atoms with Crippen LogP contribution in [0.4, 0.5) is 0 Å². The predicted octanol–water partition coefficient (Wildman–Crippen LogP) is 2.49. The van der Waals surface area contributed by atoms with Gasteiger partial charge in [-0.15, -0.1) is 0 Å². The van der Waals surface area contributed by atoms with Crippen LogP contribution in [0.2, 0.25) is 0 Å². The Morgan fingerprint density at radius 1 is 1.04 bits per heavy atom. The van der Waals surface area contributed by atoms with Crippen LogP contribution < -0.4 is 14.8 Å². The monoisotopic (exact) mass is 343 g/mol. The number of methoxy groups -OCH3 is 2. The Morgan fingerprint density at radius 3 is 2.56 bits per heavy atom. The summed E-state index contributed by atoms with van der Waals surface area (Å²) in [6, 6.07) is 12.3. The van der Waals surface area contributed by atoms with Crippen molar-refractivity contribution in [2.24, 2.45) is 0 Å². The van der Waals surface area contributed by atoms with Gasteiger partial charge in [0, 0.05) is 6.54 Å². The summed E-state index contributed by atoms with van der Waals surface area (Å²) in [6.45, 7) is 1.85. The molecule has 0 bridgehead atoms. The van der Waals surface area contributed by atoms with E-state index in [0.717, 1.165) is 11.1 Å². The van der Waals surface area contributed by atoms with Crippen LogP contribution in [0, 0.1) is 6.92 Å². The van der Waals surface area contributed by atoms with E-state index >= 15 is 0 Å². The maximum atomic E-state index is 12.0. The van der Waals surface area contributed by atoms with Crippen LogP contribution in [-0.4, -0.2) is 32.7 Å². The molecule has 0 atom stereocenters. The van der Waals surface area contributed by atoms with Crippen molar-refractivity contribution in [3.63, 3.8) is 0 Å². The number of hydrogen-bond donors (Lipinski definition) is 1. The third-order valence-corrected chi connectivity index (χ3v) is 3.60. The molecule has 0 aromatic heterocycles. The highest BCUT2D eigenvalue weighted by Crippen LogP contribution is 2.19. The molecular formula is C19H21NO5. The fourth-order valence-corrected chi connectivity index (χ4v) is 2.20. The molecule has 1 amide bonds. The van der Waals surface area contributed by atoms with Crippen LogP contribution in [0.3, 0.4) is 0 Å². The van der Waals surface area contributed by atoms with E-state index in [1.807, 2.05) is 31.2 Å². The fraction of sp³-hybridized carbons (Fsp3) is 0.263. The Kier molecular flexibility index (Phi) is 6.39. The van der Waals surface area contributed by atoms with Gasteiger partial charge in [-0.1, -0.05) is 18.2 Å². The molecule has 2 rings (SSSR count). The third kappa shape index (κ3) is 5.24. The van der Waals surface area contributed by atoms with Gasteiger partial charge in [0.25, 0.3) is 5.91 Å². The number of esters is 1. The van der Waals surface area contributed by atoms with Gasteiger partial charge in [-0.2, -0.15) is 0 Å².